The normalized spacial score (nSPS) is 51.7. The van der Waals surface area contributed by atoms with E-state index in [1.807, 2.05) is 0 Å². The lowest BCUT2D eigenvalue weighted by Crippen LogP contribution is -2.68. The monoisotopic (exact) mass is 280 g/mol. The molecule has 3 aliphatic carbocycles. The van der Waals surface area contributed by atoms with Crippen LogP contribution in [0.2, 0.25) is 42.0 Å². The lowest BCUT2D eigenvalue weighted by Gasteiger charge is -2.83. The first-order valence-electron chi connectivity index (χ1n) is 7.56. The van der Waals surface area contributed by atoms with Crippen molar-refractivity contribution in [1.82, 2.24) is 0 Å². The van der Waals surface area contributed by atoms with Crippen LogP contribution in [0.1, 0.15) is 13.3 Å². The van der Waals surface area contributed by atoms with E-state index in [0.717, 1.165) is 0 Å². The summed E-state index contributed by atoms with van der Waals surface area (Å²) in [7, 11) is 82.0. The second-order valence-corrected chi connectivity index (χ2v) is 8.04. The molecule has 0 aromatic rings. The molecule has 0 aliphatic heterocycles. The first-order valence-corrected chi connectivity index (χ1v) is 7.56. The lowest BCUT2D eigenvalue weighted by molar-refractivity contribution is 0.115. The van der Waals surface area contributed by atoms with Gasteiger partial charge in [-0.05, 0) is 0 Å². The standard InChI is InChI=1S/C11H5B13/c1-2-3(12,13)5(14)6(15)4(8(6,17)18)7(16,10(5,21)22)11(23,24)9(4,19)20/h2H2,1H3. The molecule has 24 heavy (non-hydrogen) atoms. The van der Waals surface area contributed by atoms with Crippen molar-refractivity contribution in [3.05, 3.63) is 0 Å². The summed E-state index contributed by atoms with van der Waals surface area (Å²) in [6.45, 7) is 1.66. The van der Waals surface area contributed by atoms with Crippen LogP contribution in [-0.4, -0.2) is 102 Å². The van der Waals surface area contributed by atoms with E-state index < -0.39 is 47.4 Å². The minimum atomic E-state index is -2.08. The minimum absolute atomic E-state index is 0.116. The molecule has 3 saturated carbocycles. The van der Waals surface area contributed by atoms with E-state index in [9.17, 15) is 0 Å². The van der Waals surface area contributed by atoms with Gasteiger partial charge in [0, 0.05) is 0 Å². The van der Waals surface area contributed by atoms with Crippen LogP contribution in [0.4, 0.5) is 0 Å². The third-order valence-corrected chi connectivity index (χ3v) is 7.60. The summed E-state index contributed by atoms with van der Waals surface area (Å²) < 4.78 is 0. The van der Waals surface area contributed by atoms with Crippen LogP contribution in [0.3, 0.4) is 0 Å². The van der Waals surface area contributed by atoms with Crippen LogP contribution in [0.5, 0.6) is 0 Å². The summed E-state index contributed by atoms with van der Waals surface area (Å²) in [5.41, 5.74) is -1.69. The maximum absolute atomic E-state index is 6.58. The molecule has 3 rings (SSSR count). The Bertz CT molecular complexity index is 640. The van der Waals surface area contributed by atoms with Crippen LogP contribution in [0, 0.1) is 5.41 Å². The third-order valence-electron chi connectivity index (χ3n) is 7.60. The van der Waals surface area contributed by atoms with Crippen molar-refractivity contribution in [2.45, 2.75) is 55.4 Å². The Balaban J connectivity index is 2.46. The fourth-order valence-corrected chi connectivity index (χ4v) is 6.10. The molecular weight excluding hydrogens is 273 g/mol. The minimum Gasteiger partial charge on any atom is -0.110 e. The molecular formula is C11H5B13. The van der Waals surface area contributed by atoms with Crippen molar-refractivity contribution in [2.75, 3.05) is 0 Å². The molecule has 0 N–H and O–H groups in total. The summed E-state index contributed by atoms with van der Waals surface area (Å²) in [5.74, 6) is 0. The molecule has 0 aromatic carbocycles. The van der Waals surface area contributed by atoms with E-state index in [-0.39, 0.29) is 6.42 Å². The average Bonchev–Trinajstić information content (AvgIpc) is 2.83. The van der Waals surface area contributed by atoms with Gasteiger partial charge in [0.2, 0.25) is 0 Å². The third kappa shape index (κ3) is 1.07. The van der Waals surface area contributed by atoms with Gasteiger partial charge in [0.25, 0.3) is 0 Å². The highest BCUT2D eigenvalue weighted by Crippen LogP contribution is 3.21. The Morgan fingerprint density at radius 3 is 1.33 bits per heavy atom. The topological polar surface area (TPSA) is 0 Å². The maximum Gasteiger partial charge on any atom is 0.0737 e. The van der Waals surface area contributed by atoms with Crippen LogP contribution in [-0.2, 0) is 0 Å². The Morgan fingerprint density at radius 2 is 1.00 bits per heavy atom. The highest BCUT2D eigenvalue weighted by Gasteiger charge is 3.03. The van der Waals surface area contributed by atoms with Crippen LogP contribution < -0.4 is 0 Å². The van der Waals surface area contributed by atoms with Gasteiger partial charge >= 0.3 is 0 Å². The smallest absolute Gasteiger partial charge is 0.0737 e. The molecule has 0 aromatic heterocycles. The summed E-state index contributed by atoms with van der Waals surface area (Å²) >= 11 is 0. The van der Waals surface area contributed by atoms with E-state index in [1.165, 1.54) is 0 Å². The fraction of sp³-hybridized carbons (Fsp3) is 1.00. The summed E-state index contributed by atoms with van der Waals surface area (Å²) in [6, 6.07) is 0. The molecule has 88 valence electrons. The van der Waals surface area contributed by atoms with Gasteiger partial charge in [-0.25, -0.2) is 0 Å². The van der Waals surface area contributed by atoms with Gasteiger partial charge in [0.1, 0.15) is 0 Å². The second-order valence-electron chi connectivity index (χ2n) is 8.04. The van der Waals surface area contributed by atoms with Crippen molar-refractivity contribution in [1.29, 1.82) is 0 Å². The molecule has 1 spiro atoms. The van der Waals surface area contributed by atoms with Gasteiger partial charge in [-0.2, -0.15) is 0 Å². The molecule has 0 nitrogen and oxygen atoms in total. The molecule has 13 heteroatoms. The van der Waals surface area contributed by atoms with Crippen LogP contribution in [0.15, 0.2) is 0 Å². The Hall–Kier alpha value is 0.844. The predicted molar refractivity (Wildman–Crippen MR) is 109 cm³/mol. The van der Waals surface area contributed by atoms with E-state index >= 15 is 0 Å². The van der Waals surface area contributed by atoms with E-state index in [0.29, 0.717) is 0 Å². The summed E-state index contributed by atoms with van der Waals surface area (Å²) in [5, 5.41) is -15.3. The Morgan fingerprint density at radius 1 is 0.583 bits per heavy atom. The molecule has 26 radical (unpaired) electrons. The highest BCUT2D eigenvalue weighted by atomic mass is 15.0. The quantitative estimate of drug-likeness (QED) is 0.497. The molecule has 0 amide bonds. The Labute approximate surface area is 162 Å². The second kappa shape index (κ2) is 3.99. The zero-order valence-electron chi connectivity index (χ0n) is 13.7. The van der Waals surface area contributed by atoms with Crippen molar-refractivity contribution >= 4 is 102 Å². The molecule has 0 saturated heterocycles. The van der Waals surface area contributed by atoms with Gasteiger partial charge < -0.3 is 0 Å². The largest absolute Gasteiger partial charge is 0.110 e. The first kappa shape index (κ1) is 19.6. The molecule has 3 aliphatic rings. The first-order chi connectivity index (χ1) is 10.3. The Kier molecular flexibility index (Phi) is 3.26. The van der Waals surface area contributed by atoms with Crippen LogP contribution in [0.25, 0.3) is 0 Å². The van der Waals surface area contributed by atoms with E-state index in [1.54, 1.807) is 6.92 Å². The van der Waals surface area contributed by atoms with Gasteiger partial charge in [-0.1, -0.05) is 39.9 Å². The van der Waals surface area contributed by atoms with Gasteiger partial charge in [0.15, 0.2) is 0 Å². The predicted octanol–water partition coefficient (Wildman–Crippen LogP) is -2.33. The maximum atomic E-state index is 6.58. The zero-order valence-corrected chi connectivity index (χ0v) is 13.7. The van der Waals surface area contributed by atoms with E-state index in [4.69, 9.17) is 102 Å². The lowest BCUT2D eigenvalue weighted by atomic mass is 8.99. The van der Waals surface area contributed by atoms with Gasteiger partial charge in [-0.15, -0.1) is 20.9 Å². The fourth-order valence-electron chi connectivity index (χ4n) is 6.10. The molecule has 0 bridgehead atoms. The highest BCUT2D eigenvalue weighted by molar-refractivity contribution is 6.72. The number of rotatable bonds is 2. The average molecular weight is 278 g/mol. The van der Waals surface area contributed by atoms with Gasteiger partial charge in [0.05, 0.1) is 102 Å². The number of hydrogen-bond acceptors (Lipinski definition) is 0. The molecule has 0 heterocycles. The van der Waals surface area contributed by atoms with Crippen molar-refractivity contribution in [3.63, 3.8) is 0 Å². The van der Waals surface area contributed by atoms with Crippen molar-refractivity contribution in [2.24, 2.45) is 5.41 Å². The van der Waals surface area contributed by atoms with Crippen molar-refractivity contribution < 1.29 is 0 Å². The van der Waals surface area contributed by atoms with E-state index in [2.05, 4.69) is 0 Å². The zero-order chi connectivity index (χ0) is 19.2. The summed E-state index contributed by atoms with van der Waals surface area (Å²) in [6.07, 6.45) is 0.116. The molecule has 4 atom stereocenters. The van der Waals surface area contributed by atoms with Crippen molar-refractivity contribution in [3.8, 4) is 0 Å². The molecule has 3 fully saturated rings. The van der Waals surface area contributed by atoms with Crippen LogP contribution >= 0.6 is 0 Å². The SMILES string of the molecule is [B]C([B])(CC)C1([B])C([B])([B])C2([B])C([B])([B])C([B])([B])C23C([B])([B])C13[B]. The van der Waals surface area contributed by atoms with Gasteiger partial charge in [-0.3, -0.25) is 0 Å². The number of hydrogen-bond donors (Lipinski definition) is 0. The molecule has 4 unspecified atom stereocenters. The summed E-state index contributed by atoms with van der Waals surface area (Å²) in [4.78, 5) is 0.